The molecule has 0 spiro atoms. The van der Waals surface area contributed by atoms with Gasteiger partial charge in [0.25, 0.3) is 5.91 Å². The molecule has 4 nitrogen and oxygen atoms in total. The number of halogens is 1. The molecule has 0 bridgehead atoms. The zero-order chi connectivity index (χ0) is 21.4. The highest BCUT2D eigenvalue weighted by atomic mass is 35.5. The van der Waals surface area contributed by atoms with Crippen LogP contribution in [0.2, 0.25) is 5.02 Å². The summed E-state index contributed by atoms with van der Waals surface area (Å²) in [5.74, 6) is -0.0978. The highest BCUT2D eigenvalue weighted by Crippen LogP contribution is 2.32. The Kier molecular flexibility index (Phi) is 5.70. The molecule has 1 aliphatic rings. The molecule has 1 amide bonds. The number of amides is 1. The maximum Gasteiger partial charge on any atom is 0.252 e. The van der Waals surface area contributed by atoms with Gasteiger partial charge in [-0.3, -0.25) is 9.78 Å². The molecule has 0 unspecified atom stereocenters. The Balaban J connectivity index is 1.85. The van der Waals surface area contributed by atoms with E-state index in [-0.39, 0.29) is 11.9 Å². The molecule has 0 atom stereocenters. The van der Waals surface area contributed by atoms with Gasteiger partial charge >= 0.3 is 0 Å². The Labute approximate surface area is 183 Å². The van der Waals surface area contributed by atoms with Gasteiger partial charge in [0.1, 0.15) is 0 Å². The largest absolute Gasteiger partial charge is 0.348 e. The van der Waals surface area contributed by atoms with Crippen LogP contribution in [0.15, 0.2) is 36.5 Å². The second kappa shape index (κ2) is 8.27. The number of fused-ring (bicyclic) bond motifs is 1. The van der Waals surface area contributed by atoms with Crippen LogP contribution < -0.4 is 5.32 Å². The molecule has 2 aromatic heterocycles. The minimum Gasteiger partial charge on any atom is -0.348 e. The van der Waals surface area contributed by atoms with E-state index in [2.05, 4.69) is 53.1 Å². The second-order valence-corrected chi connectivity index (χ2v) is 8.82. The Morgan fingerprint density at radius 1 is 1.13 bits per heavy atom. The van der Waals surface area contributed by atoms with Crippen molar-refractivity contribution in [1.82, 2.24) is 14.9 Å². The van der Waals surface area contributed by atoms with Crippen LogP contribution in [0.1, 0.15) is 64.7 Å². The van der Waals surface area contributed by atoms with Crippen LogP contribution in [-0.4, -0.2) is 15.5 Å². The summed E-state index contributed by atoms with van der Waals surface area (Å²) >= 11 is 6.44. The van der Waals surface area contributed by atoms with E-state index in [1.54, 1.807) is 6.07 Å². The molecule has 1 aromatic carbocycles. The number of nitrogens with one attached hydrogen (secondary N) is 1. The summed E-state index contributed by atoms with van der Waals surface area (Å²) in [5.41, 5.74) is 7.16. The topological polar surface area (TPSA) is 46.9 Å². The number of rotatable bonds is 1. The van der Waals surface area contributed by atoms with Crippen molar-refractivity contribution in [1.29, 1.82) is 0 Å². The third-order valence-corrected chi connectivity index (χ3v) is 6.06. The molecule has 0 aliphatic carbocycles. The quantitative estimate of drug-likeness (QED) is 0.500. The van der Waals surface area contributed by atoms with Gasteiger partial charge in [-0.05, 0) is 81.8 Å². The van der Waals surface area contributed by atoms with Gasteiger partial charge in [0.05, 0.1) is 11.1 Å². The molecule has 0 saturated carbocycles. The standard InChI is InChI=1S/C25H28ClN3O/c1-15(2)29-14-19-9-7-5-6-8-18-10-16(3)28-17(4)22(18)13-27-25(30)21-11-20(26)12-23(29)24(19)21/h5,7,10-12,14-15H,6,8-9,13H2,1-4H3,(H,27,30)/b7-5+. The first-order valence-electron chi connectivity index (χ1n) is 10.6. The van der Waals surface area contributed by atoms with Gasteiger partial charge in [0.15, 0.2) is 0 Å². The Bertz CT molecular complexity index is 1160. The highest BCUT2D eigenvalue weighted by Gasteiger charge is 2.20. The van der Waals surface area contributed by atoms with E-state index in [1.165, 1.54) is 5.56 Å². The summed E-state index contributed by atoms with van der Waals surface area (Å²) in [6.45, 7) is 8.79. The summed E-state index contributed by atoms with van der Waals surface area (Å²) in [4.78, 5) is 17.9. The molecule has 4 rings (SSSR count). The molecular weight excluding hydrogens is 394 g/mol. The molecule has 3 heterocycles. The van der Waals surface area contributed by atoms with Crippen molar-refractivity contribution >= 4 is 28.4 Å². The normalized spacial score (nSPS) is 15.9. The zero-order valence-electron chi connectivity index (χ0n) is 18.1. The van der Waals surface area contributed by atoms with Crippen molar-refractivity contribution in [2.24, 2.45) is 0 Å². The van der Waals surface area contributed by atoms with Gasteiger partial charge in [-0.2, -0.15) is 0 Å². The minimum atomic E-state index is -0.0978. The molecule has 156 valence electrons. The molecule has 5 heteroatoms. The van der Waals surface area contributed by atoms with Crippen molar-refractivity contribution in [2.45, 2.75) is 59.5 Å². The van der Waals surface area contributed by atoms with Gasteiger partial charge in [-0.1, -0.05) is 23.8 Å². The minimum absolute atomic E-state index is 0.0978. The van der Waals surface area contributed by atoms with E-state index in [4.69, 9.17) is 11.6 Å². The highest BCUT2D eigenvalue weighted by molar-refractivity contribution is 6.32. The van der Waals surface area contributed by atoms with E-state index >= 15 is 0 Å². The van der Waals surface area contributed by atoms with E-state index in [9.17, 15) is 4.79 Å². The van der Waals surface area contributed by atoms with Crippen molar-refractivity contribution in [3.63, 3.8) is 0 Å². The van der Waals surface area contributed by atoms with Gasteiger partial charge in [0.2, 0.25) is 0 Å². The van der Waals surface area contributed by atoms with Gasteiger partial charge in [-0.25, -0.2) is 0 Å². The summed E-state index contributed by atoms with van der Waals surface area (Å²) in [6.07, 6.45) is 9.32. The van der Waals surface area contributed by atoms with Crippen LogP contribution in [0, 0.1) is 13.8 Å². The number of carbonyl (C=O) groups is 1. The molecular formula is C25H28ClN3O. The number of hydrogen-bond donors (Lipinski definition) is 1. The number of aromatic nitrogens is 2. The van der Waals surface area contributed by atoms with Crippen molar-refractivity contribution in [3.05, 3.63) is 75.2 Å². The lowest BCUT2D eigenvalue weighted by atomic mass is 10.0. The number of carbonyl (C=O) groups excluding carboxylic acids is 1. The lowest BCUT2D eigenvalue weighted by Gasteiger charge is -2.15. The maximum absolute atomic E-state index is 13.3. The molecule has 1 aliphatic heterocycles. The Hall–Kier alpha value is -2.59. The molecule has 1 N–H and O–H groups in total. The summed E-state index contributed by atoms with van der Waals surface area (Å²) in [5, 5.41) is 4.71. The van der Waals surface area contributed by atoms with Crippen LogP contribution in [0.5, 0.6) is 0 Å². The van der Waals surface area contributed by atoms with Gasteiger partial charge < -0.3 is 9.88 Å². The van der Waals surface area contributed by atoms with Crippen LogP contribution in [-0.2, 0) is 19.4 Å². The Morgan fingerprint density at radius 2 is 1.93 bits per heavy atom. The van der Waals surface area contributed by atoms with Crippen LogP contribution in [0.3, 0.4) is 0 Å². The zero-order valence-corrected chi connectivity index (χ0v) is 18.8. The van der Waals surface area contributed by atoms with E-state index in [0.29, 0.717) is 17.1 Å². The third kappa shape index (κ3) is 3.89. The fraction of sp³-hybridized carbons (Fsp3) is 0.360. The SMILES string of the molecule is Cc1cc2c(c(C)n1)CNC(=O)c1cc(Cl)cc3c1c(cn3C(C)C)C/C=C/CC2. The molecule has 0 radical (unpaired) electrons. The molecule has 0 saturated heterocycles. The van der Waals surface area contributed by atoms with Crippen molar-refractivity contribution in [2.75, 3.05) is 0 Å². The number of hydrogen-bond acceptors (Lipinski definition) is 2. The van der Waals surface area contributed by atoms with Crippen LogP contribution in [0.4, 0.5) is 0 Å². The lowest BCUT2D eigenvalue weighted by molar-refractivity contribution is 0.0952. The summed E-state index contributed by atoms with van der Waals surface area (Å²) in [6, 6.07) is 6.17. The first kappa shape index (κ1) is 20.7. The molecule has 3 aromatic rings. The molecule has 30 heavy (non-hydrogen) atoms. The van der Waals surface area contributed by atoms with E-state index < -0.39 is 0 Å². The predicted molar refractivity (Wildman–Crippen MR) is 123 cm³/mol. The fourth-order valence-corrected chi connectivity index (χ4v) is 4.64. The number of nitrogens with zero attached hydrogens (tertiary/aromatic N) is 2. The van der Waals surface area contributed by atoms with Crippen LogP contribution >= 0.6 is 11.6 Å². The van der Waals surface area contributed by atoms with Crippen LogP contribution in [0.25, 0.3) is 10.9 Å². The lowest BCUT2D eigenvalue weighted by Crippen LogP contribution is -2.24. The Morgan fingerprint density at radius 3 is 2.70 bits per heavy atom. The predicted octanol–water partition coefficient (Wildman–Crippen LogP) is 5.86. The van der Waals surface area contributed by atoms with Gasteiger partial charge in [-0.15, -0.1) is 0 Å². The number of aryl methyl sites for hydroxylation is 3. The maximum atomic E-state index is 13.3. The first-order valence-corrected chi connectivity index (χ1v) is 10.9. The monoisotopic (exact) mass is 421 g/mol. The summed E-state index contributed by atoms with van der Waals surface area (Å²) in [7, 11) is 0. The summed E-state index contributed by atoms with van der Waals surface area (Å²) < 4.78 is 2.21. The number of pyridine rings is 1. The molecule has 0 fully saturated rings. The second-order valence-electron chi connectivity index (χ2n) is 8.39. The third-order valence-electron chi connectivity index (χ3n) is 5.84. The fourth-order valence-electron chi connectivity index (χ4n) is 4.43. The number of benzene rings is 1. The number of allylic oxidation sites excluding steroid dienone is 2. The smallest absolute Gasteiger partial charge is 0.252 e. The van der Waals surface area contributed by atoms with E-state index in [0.717, 1.165) is 52.7 Å². The average molecular weight is 422 g/mol. The first-order chi connectivity index (χ1) is 14.3. The van der Waals surface area contributed by atoms with Crippen molar-refractivity contribution in [3.8, 4) is 0 Å². The average Bonchev–Trinajstić information content (AvgIpc) is 3.04. The van der Waals surface area contributed by atoms with Crippen molar-refractivity contribution < 1.29 is 4.79 Å². The van der Waals surface area contributed by atoms with Gasteiger partial charge in [0, 0.05) is 40.6 Å². The van der Waals surface area contributed by atoms with E-state index in [1.807, 2.05) is 19.9 Å².